The number of ether oxygens (including phenoxy) is 2. The molecule has 0 N–H and O–H groups in total. The SMILES string of the molecule is COc1ccc(C(=O)N2[C@H](C)CN(C(=O)c3ccc(OC)cc3Cl)C[C@H]2C)c(F)c1. The molecule has 2 amide bonds. The van der Waals surface area contributed by atoms with Crippen molar-refractivity contribution >= 4 is 23.4 Å². The second kappa shape index (κ2) is 8.92. The van der Waals surface area contributed by atoms with Gasteiger partial charge in [0.25, 0.3) is 11.8 Å². The molecule has 2 aromatic rings. The molecule has 1 aliphatic heterocycles. The zero-order valence-electron chi connectivity index (χ0n) is 17.3. The van der Waals surface area contributed by atoms with E-state index in [2.05, 4.69) is 0 Å². The molecule has 6 nitrogen and oxygen atoms in total. The van der Waals surface area contributed by atoms with Crippen LogP contribution in [0, 0.1) is 5.82 Å². The van der Waals surface area contributed by atoms with Crippen LogP contribution in [0.1, 0.15) is 34.6 Å². The fraction of sp³-hybridized carbons (Fsp3) is 0.364. The highest BCUT2D eigenvalue weighted by molar-refractivity contribution is 6.34. The van der Waals surface area contributed by atoms with Gasteiger partial charge in [-0.1, -0.05) is 11.6 Å². The van der Waals surface area contributed by atoms with Crippen LogP contribution < -0.4 is 9.47 Å². The number of benzene rings is 2. The molecule has 0 saturated carbocycles. The van der Waals surface area contributed by atoms with E-state index in [-0.39, 0.29) is 23.6 Å². The molecule has 0 aromatic heterocycles. The van der Waals surface area contributed by atoms with Gasteiger partial charge in [0.2, 0.25) is 0 Å². The molecule has 0 unspecified atom stereocenters. The molecule has 1 fully saturated rings. The Bertz CT molecular complexity index is 956. The minimum atomic E-state index is -0.637. The summed E-state index contributed by atoms with van der Waals surface area (Å²) in [6, 6.07) is 8.46. The number of methoxy groups -OCH3 is 2. The van der Waals surface area contributed by atoms with Crippen molar-refractivity contribution in [2.45, 2.75) is 25.9 Å². The van der Waals surface area contributed by atoms with Crippen molar-refractivity contribution in [1.29, 1.82) is 0 Å². The Kier molecular flexibility index (Phi) is 6.51. The van der Waals surface area contributed by atoms with Crippen LogP contribution >= 0.6 is 11.6 Å². The summed E-state index contributed by atoms with van der Waals surface area (Å²) >= 11 is 6.25. The van der Waals surface area contributed by atoms with Gasteiger partial charge in [0.05, 0.1) is 30.4 Å². The molecule has 1 aliphatic rings. The first-order valence-corrected chi connectivity index (χ1v) is 9.93. The van der Waals surface area contributed by atoms with Gasteiger partial charge >= 0.3 is 0 Å². The van der Waals surface area contributed by atoms with Crippen LogP contribution in [0.4, 0.5) is 4.39 Å². The molecular weight excluding hydrogens is 411 g/mol. The van der Waals surface area contributed by atoms with Gasteiger partial charge in [0.1, 0.15) is 17.3 Å². The molecule has 30 heavy (non-hydrogen) atoms. The Morgan fingerprint density at radius 3 is 1.97 bits per heavy atom. The fourth-order valence-corrected chi connectivity index (χ4v) is 4.04. The average Bonchev–Trinajstić information content (AvgIpc) is 2.72. The van der Waals surface area contributed by atoms with Gasteiger partial charge in [0.15, 0.2) is 0 Å². The largest absolute Gasteiger partial charge is 0.497 e. The second-order valence-electron chi connectivity index (χ2n) is 7.31. The predicted molar refractivity (Wildman–Crippen MR) is 112 cm³/mol. The average molecular weight is 435 g/mol. The standard InChI is InChI=1S/C22H24ClFN2O4/c1-13-11-25(21(27)17-7-5-15(29-3)9-19(17)23)12-14(2)26(13)22(28)18-8-6-16(30-4)10-20(18)24/h5-10,13-14H,11-12H2,1-4H3/t13-,14-/m1/s1. The summed E-state index contributed by atoms with van der Waals surface area (Å²) in [5.74, 6) is -0.358. The fourth-order valence-electron chi connectivity index (χ4n) is 3.79. The highest BCUT2D eigenvalue weighted by Crippen LogP contribution is 2.27. The lowest BCUT2D eigenvalue weighted by molar-refractivity contribution is 0.0251. The molecule has 8 heteroatoms. The molecule has 0 bridgehead atoms. The summed E-state index contributed by atoms with van der Waals surface area (Å²) in [5.41, 5.74) is 0.352. The van der Waals surface area contributed by atoms with Gasteiger partial charge in [-0.25, -0.2) is 4.39 Å². The van der Waals surface area contributed by atoms with Crippen LogP contribution in [-0.2, 0) is 0 Å². The van der Waals surface area contributed by atoms with E-state index in [0.29, 0.717) is 35.2 Å². The van der Waals surface area contributed by atoms with Gasteiger partial charge in [-0.15, -0.1) is 0 Å². The maximum Gasteiger partial charge on any atom is 0.257 e. The van der Waals surface area contributed by atoms with Gasteiger partial charge < -0.3 is 19.3 Å². The van der Waals surface area contributed by atoms with Crippen LogP contribution in [-0.4, -0.2) is 61.0 Å². The van der Waals surface area contributed by atoms with E-state index in [9.17, 15) is 14.0 Å². The van der Waals surface area contributed by atoms with Gasteiger partial charge in [-0.05, 0) is 44.2 Å². The van der Waals surface area contributed by atoms with E-state index in [4.69, 9.17) is 21.1 Å². The molecule has 3 rings (SSSR count). The minimum Gasteiger partial charge on any atom is -0.497 e. The summed E-state index contributed by atoms with van der Waals surface area (Å²) in [6.45, 7) is 4.31. The maximum atomic E-state index is 14.4. The Labute approximate surface area is 180 Å². The van der Waals surface area contributed by atoms with Crippen molar-refractivity contribution in [3.63, 3.8) is 0 Å². The molecule has 1 heterocycles. The van der Waals surface area contributed by atoms with E-state index in [0.717, 1.165) is 0 Å². The van der Waals surface area contributed by atoms with E-state index >= 15 is 0 Å². The van der Waals surface area contributed by atoms with Crippen LogP contribution in [0.3, 0.4) is 0 Å². The Morgan fingerprint density at radius 1 is 0.933 bits per heavy atom. The lowest BCUT2D eigenvalue weighted by Crippen LogP contribution is -2.59. The number of hydrogen-bond acceptors (Lipinski definition) is 4. The predicted octanol–water partition coefficient (Wildman–Crippen LogP) is 3.87. The Hall–Kier alpha value is -2.80. The lowest BCUT2D eigenvalue weighted by atomic mass is 10.0. The van der Waals surface area contributed by atoms with E-state index < -0.39 is 11.7 Å². The summed E-state index contributed by atoms with van der Waals surface area (Å²) in [5, 5.41) is 0.304. The van der Waals surface area contributed by atoms with Crippen molar-refractivity contribution in [3.8, 4) is 11.5 Å². The molecule has 160 valence electrons. The molecule has 0 radical (unpaired) electrons. The quantitative estimate of drug-likeness (QED) is 0.733. The number of rotatable bonds is 4. The van der Waals surface area contributed by atoms with Crippen molar-refractivity contribution in [1.82, 2.24) is 9.80 Å². The van der Waals surface area contributed by atoms with Crippen molar-refractivity contribution in [2.24, 2.45) is 0 Å². The summed E-state index contributed by atoms with van der Waals surface area (Å²) in [4.78, 5) is 29.3. The van der Waals surface area contributed by atoms with Gasteiger partial charge in [-0.2, -0.15) is 0 Å². The van der Waals surface area contributed by atoms with Crippen LogP contribution in [0.2, 0.25) is 5.02 Å². The Balaban J connectivity index is 1.78. The molecular formula is C22H24ClFN2O4. The molecule has 0 aliphatic carbocycles. The minimum absolute atomic E-state index is 0.0209. The number of amides is 2. The summed E-state index contributed by atoms with van der Waals surface area (Å²) < 4.78 is 24.5. The number of carbonyl (C=O) groups excluding carboxylic acids is 2. The third kappa shape index (κ3) is 4.21. The number of nitrogens with zero attached hydrogens (tertiary/aromatic N) is 2. The summed E-state index contributed by atoms with van der Waals surface area (Å²) in [7, 11) is 2.96. The first-order valence-electron chi connectivity index (χ1n) is 9.55. The van der Waals surface area contributed by atoms with Crippen LogP contribution in [0.5, 0.6) is 11.5 Å². The number of carbonyl (C=O) groups is 2. The van der Waals surface area contributed by atoms with Crippen LogP contribution in [0.15, 0.2) is 36.4 Å². The zero-order valence-corrected chi connectivity index (χ0v) is 18.1. The smallest absolute Gasteiger partial charge is 0.257 e. The topological polar surface area (TPSA) is 59.1 Å². The van der Waals surface area contributed by atoms with E-state index in [1.165, 1.54) is 26.4 Å². The lowest BCUT2D eigenvalue weighted by Gasteiger charge is -2.44. The second-order valence-corrected chi connectivity index (χ2v) is 7.72. The highest BCUT2D eigenvalue weighted by atomic mass is 35.5. The number of halogens is 2. The van der Waals surface area contributed by atoms with Gasteiger partial charge in [-0.3, -0.25) is 9.59 Å². The third-order valence-corrected chi connectivity index (χ3v) is 5.57. The molecule has 0 spiro atoms. The van der Waals surface area contributed by atoms with Crippen molar-refractivity contribution < 1.29 is 23.5 Å². The highest BCUT2D eigenvalue weighted by Gasteiger charge is 2.36. The first-order chi connectivity index (χ1) is 14.3. The third-order valence-electron chi connectivity index (χ3n) is 5.25. The van der Waals surface area contributed by atoms with E-state index in [1.807, 2.05) is 13.8 Å². The molecule has 2 atom stereocenters. The van der Waals surface area contributed by atoms with Crippen LogP contribution in [0.25, 0.3) is 0 Å². The maximum absolute atomic E-state index is 14.4. The van der Waals surface area contributed by atoms with Crippen molar-refractivity contribution in [3.05, 3.63) is 58.4 Å². The molecule has 2 aromatic carbocycles. The monoisotopic (exact) mass is 434 g/mol. The summed E-state index contributed by atoms with van der Waals surface area (Å²) in [6.07, 6.45) is 0. The number of hydrogen-bond donors (Lipinski definition) is 0. The van der Waals surface area contributed by atoms with Gasteiger partial charge in [0, 0.05) is 31.2 Å². The number of piperazine rings is 1. The van der Waals surface area contributed by atoms with E-state index in [1.54, 1.807) is 34.1 Å². The molecule has 1 saturated heterocycles. The first kappa shape index (κ1) is 21.9. The normalized spacial score (nSPS) is 18.9. The zero-order chi connectivity index (χ0) is 22.0. The van der Waals surface area contributed by atoms with Crippen molar-refractivity contribution in [2.75, 3.05) is 27.3 Å². The Morgan fingerprint density at radius 2 is 1.47 bits per heavy atom.